The first kappa shape index (κ1) is 18.3. The highest BCUT2D eigenvalue weighted by atomic mass is 16.5. The van der Waals surface area contributed by atoms with Gasteiger partial charge in [-0.25, -0.2) is 0 Å². The zero-order chi connectivity index (χ0) is 17.2. The maximum atomic E-state index is 5.74. The topological polar surface area (TPSA) is 33.3 Å². The Bertz CT molecular complexity index is 566. The van der Waals surface area contributed by atoms with Crippen LogP contribution in [-0.2, 0) is 0 Å². The van der Waals surface area contributed by atoms with Gasteiger partial charge >= 0.3 is 0 Å². The Hall–Kier alpha value is -2.00. The van der Waals surface area contributed by atoms with E-state index in [0.717, 1.165) is 37.6 Å². The summed E-state index contributed by atoms with van der Waals surface area (Å²) in [6.45, 7) is 9.21. The summed E-state index contributed by atoms with van der Waals surface area (Å²) in [6, 6.07) is 19.1. The van der Waals surface area contributed by atoms with Gasteiger partial charge in [0.15, 0.2) is 0 Å². The van der Waals surface area contributed by atoms with Crippen molar-refractivity contribution in [1.82, 2.24) is 5.32 Å². The second-order valence-electron chi connectivity index (χ2n) is 6.57. The maximum Gasteiger partial charge on any atom is 0.119 e. The van der Waals surface area contributed by atoms with Gasteiger partial charge < -0.3 is 15.4 Å². The molecule has 2 rings (SSSR count). The molecule has 0 heterocycles. The molecule has 0 amide bonds. The fourth-order valence-corrected chi connectivity index (χ4v) is 2.44. The second-order valence-corrected chi connectivity index (χ2v) is 6.57. The van der Waals surface area contributed by atoms with Gasteiger partial charge in [0.25, 0.3) is 0 Å². The zero-order valence-corrected chi connectivity index (χ0v) is 15.1. The van der Waals surface area contributed by atoms with Gasteiger partial charge in [-0.3, -0.25) is 0 Å². The number of anilines is 1. The molecular formula is C21H30N2O. The lowest BCUT2D eigenvalue weighted by Crippen LogP contribution is -2.25. The van der Waals surface area contributed by atoms with Gasteiger partial charge in [0.2, 0.25) is 0 Å². The molecule has 0 saturated heterocycles. The Morgan fingerprint density at radius 2 is 1.58 bits per heavy atom. The summed E-state index contributed by atoms with van der Waals surface area (Å²) < 4.78 is 5.74. The van der Waals surface area contributed by atoms with Crippen LogP contribution in [0.2, 0.25) is 0 Å². The van der Waals surface area contributed by atoms with Crippen LogP contribution in [0.15, 0.2) is 54.6 Å². The van der Waals surface area contributed by atoms with Crippen molar-refractivity contribution >= 4 is 5.69 Å². The van der Waals surface area contributed by atoms with E-state index in [1.54, 1.807) is 0 Å². The molecule has 0 radical (unpaired) electrons. The lowest BCUT2D eigenvalue weighted by Gasteiger charge is -2.15. The molecule has 2 aromatic carbocycles. The van der Waals surface area contributed by atoms with Crippen molar-refractivity contribution in [3.63, 3.8) is 0 Å². The first-order valence-electron chi connectivity index (χ1n) is 8.90. The molecule has 0 aromatic heterocycles. The average Bonchev–Trinajstić information content (AvgIpc) is 2.60. The van der Waals surface area contributed by atoms with Crippen molar-refractivity contribution in [2.75, 3.05) is 25.0 Å². The van der Waals surface area contributed by atoms with Crippen LogP contribution in [0.25, 0.3) is 0 Å². The Kier molecular flexibility index (Phi) is 7.63. The zero-order valence-electron chi connectivity index (χ0n) is 15.1. The van der Waals surface area contributed by atoms with E-state index in [1.165, 1.54) is 5.56 Å². The highest BCUT2D eigenvalue weighted by Crippen LogP contribution is 2.16. The summed E-state index contributed by atoms with van der Waals surface area (Å²) in [7, 11) is 0. The maximum absolute atomic E-state index is 5.74. The summed E-state index contributed by atoms with van der Waals surface area (Å²) >= 11 is 0. The predicted molar refractivity (Wildman–Crippen MR) is 103 cm³/mol. The van der Waals surface area contributed by atoms with Crippen molar-refractivity contribution in [2.24, 2.45) is 5.92 Å². The molecule has 24 heavy (non-hydrogen) atoms. The van der Waals surface area contributed by atoms with Gasteiger partial charge in [0.1, 0.15) is 5.75 Å². The van der Waals surface area contributed by atoms with E-state index < -0.39 is 0 Å². The van der Waals surface area contributed by atoms with Crippen LogP contribution in [0.1, 0.15) is 38.8 Å². The van der Waals surface area contributed by atoms with E-state index in [2.05, 4.69) is 67.8 Å². The van der Waals surface area contributed by atoms with Crippen LogP contribution in [0.3, 0.4) is 0 Å². The van der Waals surface area contributed by atoms with Crippen molar-refractivity contribution in [2.45, 2.75) is 33.2 Å². The van der Waals surface area contributed by atoms with E-state index in [-0.39, 0.29) is 0 Å². The number of rotatable bonds is 10. The first-order valence-corrected chi connectivity index (χ1v) is 8.90. The third-order valence-corrected chi connectivity index (χ3v) is 4.02. The summed E-state index contributed by atoms with van der Waals surface area (Å²) in [6.07, 6.45) is 1.09. The molecule has 0 aliphatic rings. The fourth-order valence-electron chi connectivity index (χ4n) is 2.44. The Balaban J connectivity index is 1.65. The van der Waals surface area contributed by atoms with E-state index in [9.17, 15) is 0 Å². The Morgan fingerprint density at radius 1 is 0.875 bits per heavy atom. The largest absolute Gasteiger partial charge is 0.494 e. The Morgan fingerprint density at radius 3 is 2.25 bits per heavy atom. The van der Waals surface area contributed by atoms with Crippen LogP contribution in [0.5, 0.6) is 5.75 Å². The SMILES string of the molecule is CC(C)CCOc1ccc(NCCNC(C)c2ccccc2)cc1. The smallest absolute Gasteiger partial charge is 0.119 e. The first-order chi connectivity index (χ1) is 11.6. The molecule has 0 bridgehead atoms. The molecule has 2 N–H and O–H groups in total. The minimum absolute atomic E-state index is 0.365. The molecule has 0 aliphatic carbocycles. The number of hydrogen-bond donors (Lipinski definition) is 2. The second kappa shape index (κ2) is 9.99. The van der Waals surface area contributed by atoms with Gasteiger partial charge in [0.05, 0.1) is 6.61 Å². The predicted octanol–water partition coefficient (Wildman–Crippen LogP) is 4.87. The van der Waals surface area contributed by atoms with Gasteiger partial charge in [-0.15, -0.1) is 0 Å². The average molecular weight is 326 g/mol. The highest BCUT2D eigenvalue weighted by molar-refractivity contribution is 5.46. The molecule has 0 spiro atoms. The monoisotopic (exact) mass is 326 g/mol. The summed E-state index contributed by atoms with van der Waals surface area (Å²) in [5.41, 5.74) is 2.45. The summed E-state index contributed by atoms with van der Waals surface area (Å²) in [5.74, 6) is 1.62. The number of benzene rings is 2. The molecule has 1 atom stereocenters. The molecule has 2 aromatic rings. The van der Waals surface area contributed by atoms with E-state index in [1.807, 2.05) is 18.2 Å². The Labute approximate surface area is 146 Å². The van der Waals surface area contributed by atoms with Gasteiger partial charge in [-0.1, -0.05) is 44.2 Å². The third kappa shape index (κ3) is 6.63. The van der Waals surface area contributed by atoms with Crippen LogP contribution >= 0.6 is 0 Å². The molecular weight excluding hydrogens is 296 g/mol. The minimum Gasteiger partial charge on any atom is -0.494 e. The molecule has 3 heteroatoms. The summed E-state index contributed by atoms with van der Waals surface area (Å²) in [4.78, 5) is 0. The van der Waals surface area contributed by atoms with Crippen LogP contribution in [0.4, 0.5) is 5.69 Å². The van der Waals surface area contributed by atoms with E-state index in [4.69, 9.17) is 4.74 Å². The molecule has 3 nitrogen and oxygen atoms in total. The lowest BCUT2D eigenvalue weighted by atomic mass is 10.1. The van der Waals surface area contributed by atoms with Gasteiger partial charge in [-0.05, 0) is 49.1 Å². The number of nitrogens with one attached hydrogen (secondary N) is 2. The lowest BCUT2D eigenvalue weighted by molar-refractivity contribution is 0.289. The highest BCUT2D eigenvalue weighted by Gasteiger charge is 2.03. The molecule has 0 fully saturated rings. The fraction of sp³-hybridized carbons (Fsp3) is 0.429. The molecule has 130 valence electrons. The normalized spacial score (nSPS) is 12.2. The quantitative estimate of drug-likeness (QED) is 0.611. The number of hydrogen-bond acceptors (Lipinski definition) is 3. The van der Waals surface area contributed by atoms with Crippen molar-refractivity contribution in [3.05, 3.63) is 60.2 Å². The third-order valence-electron chi connectivity index (χ3n) is 4.02. The van der Waals surface area contributed by atoms with Gasteiger partial charge in [0, 0.05) is 24.8 Å². The molecule has 0 saturated carbocycles. The summed E-state index contributed by atoms with van der Waals surface area (Å²) in [5, 5.41) is 6.97. The minimum atomic E-state index is 0.365. The van der Waals surface area contributed by atoms with Gasteiger partial charge in [-0.2, -0.15) is 0 Å². The van der Waals surface area contributed by atoms with E-state index in [0.29, 0.717) is 12.0 Å². The van der Waals surface area contributed by atoms with Crippen molar-refractivity contribution in [3.8, 4) is 5.75 Å². The molecule has 1 unspecified atom stereocenters. The van der Waals surface area contributed by atoms with Crippen LogP contribution in [0, 0.1) is 5.92 Å². The molecule has 0 aliphatic heterocycles. The van der Waals surface area contributed by atoms with E-state index >= 15 is 0 Å². The van der Waals surface area contributed by atoms with Crippen molar-refractivity contribution < 1.29 is 4.74 Å². The standard InChI is InChI=1S/C21H30N2O/c1-17(2)13-16-24-21-11-9-20(10-12-21)23-15-14-22-18(3)19-7-5-4-6-8-19/h4-12,17-18,22-23H,13-16H2,1-3H3. The van der Waals surface area contributed by atoms with Crippen molar-refractivity contribution in [1.29, 1.82) is 0 Å². The van der Waals surface area contributed by atoms with Crippen LogP contribution in [-0.4, -0.2) is 19.7 Å². The van der Waals surface area contributed by atoms with Crippen LogP contribution < -0.4 is 15.4 Å². The number of ether oxygens (including phenoxy) is 1.